The molecule has 0 saturated carbocycles. The van der Waals surface area contributed by atoms with Gasteiger partial charge in [-0.25, -0.2) is 4.98 Å². The van der Waals surface area contributed by atoms with Gasteiger partial charge in [-0.1, -0.05) is 0 Å². The zero-order valence-electron chi connectivity index (χ0n) is 12.6. The number of carbonyl (C=O) groups is 1. The molecule has 21 heavy (non-hydrogen) atoms. The lowest BCUT2D eigenvalue weighted by Gasteiger charge is -2.36. The van der Waals surface area contributed by atoms with Crippen molar-refractivity contribution in [2.24, 2.45) is 7.05 Å². The summed E-state index contributed by atoms with van der Waals surface area (Å²) < 4.78 is 7.70. The molecule has 1 aromatic rings. The molecule has 6 heteroatoms. The summed E-state index contributed by atoms with van der Waals surface area (Å²) in [6.45, 7) is 3.14. The van der Waals surface area contributed by atoms with Gasteiger partial charge < -0.3 is 19.5 Å². The Morgan fingerprint density at radius 3 is 3.14 bits per heavy atom. The fourth-order valence-corrected chi connectivity index (χ4v) is 3.21. The van der Waals surface area contributed by atoms with E-state index in [0.717, 1.165) is 44.9 Å². The summed E-state index contributed by atoms with van der Waals surface area (Å²) in [7, 11) is 1.98. The molecule has 1 aromatic heterocycles. The number of ether oxygens (including phenoxy) is 1. The van der Waals surface area contributed by atoms with Gasteiger partial charge in [0.05, 0.1) is 12.5 Å². The Morgan fingerprint density at radius 2 is 2.43 bits per heavy atom. The van der Waals surface area contributed by atoms with E-state index in [1.165, 1.54) is 6.42 Å². The van der Waals surface area contributed by atoms with Crippen molar-refractivity contribution in [2.45, 2.75) is 37.8 Å². The normalized spacial score (nSPS) is 26.8. The van der Waals surface area contributed by atoms with Crippen molar-refractivity contribution in [3.05, 3.63) is 18.2 Å². The number of piperazine rings is 1. The van der Waals surface area contributed by atoms with Crippen molar-refractivity contribution in [1.82, 2.24) is 19.8 Å². The molecule has 2 saturated heterocycles. The molecule has 2 fully saturated rings. The first-order valence-corrected chi connectivity index (χ1v) is 7.84. The summed E-state index contributed by atoms with van der Waals surface area (Å²) in [5.41, 5.74) is 0. The molecule has 0 aromatic carbocycles. The highest BCUT2D eigenvalue weighted by Gasteiger charge is 2.31. The summed E-state index contributed by atoms with van der Waals surface area (Å²) in [6, 6.07) is 0.0230. The van der Waals surface area contributed by atoms with Crippen LogP contribution in [0.4, 0.5) is 0 Å². The fourth-order valence-electron chi connectivity index (χ4n) is 3.21. The Morgan fingerprint density at radius 1 is 1.52 bits per heavy atom. The van der Waals surface area contributed by atoms with E-state index >= 15 is 0 Å². The quantitative estimate of drug-likeness (QED) is 0.897. The zero-order chi connectivity index (χ0) is 14.7. The molecule has 2 aliphatic heterocycles. The van der Waals surface area contributed by atoms with Gasteiger partial charge in [0.1, 0.15) is 11.9 Å². The van der Waals surface area contributed by atoms with Gasteiger partial charge in [-0.15, -0.1) is 0 Å². The number of aromatic nitrogens is 2. The summed E-state index contributed by atoms with van der Waals surface area (Å²) >= 11 is 0. The standard InChI is InChI=1S/C15H24N4O2/c1-18-7-6-17-15(18)13-11-16-5-8-19(13)14(20)10-12-4-2-3-9-21-12/h6-7,12-13,16H,2-5,8-11H2,1H3. The van der Waals surface area contributed by atoms with Crippen LogP contribution in [0.3, 0.4) is 0 Å². The van der Waals surface area contributed by atoms with Crippen LogP contribution in [-0.4, -0.2) is 52.7 Å². The lowest BCUT2D eigenvalue weighted by atomic mass is 10.0. The highest BCUT2D eigenvalue weighted by Crippen LogP contribution is 2.23. The van der Waals surface area contributed by atoms with Crippen LogP contribution in [-0.2, 0) is 16.6 Å². The lowest BCUT2D eigenvalue weighted by molar-refractivity contribution is -0.138. The van der Waals surface area contributed by atoms with Crippen molar-refractivity contribution in [3.8, 4) is 0 Å². The van der Waals surface area contributed by atoms with Gasteiger partial charge in [0.25, 0.3) is 0 Å². The van der Waals surface area contributed by atoms with E-state index in [2.05, 4.69) is 10.3 Å². The smallest absolute Gasteiger partial charge is 0.225 e. The molecule has 6 nitrogen and oxygen atoms in total. The Balaban J connectivity index is 1.68. The van der Waals surface area contributed by atoms with E-state index in [9.17, 15) is 4.79 Å². The van der Waals surface area contributed by atoms with E-state index in [1.54, 1.807) is 6.20 Å². The van der Waals surface area contributed by atoms with E-state index in [0.29, 0.717) is 6.42 Å². The van der Waals surface area contributed by atoms with Gasteiger partial charge >= 0.3 is 0 Å². The minimum atomic E-state index is 0.0230. The molecular weight excluding hydrogens is 268 g/mol. The van der Waals surface area contributed by atoms with Gasteiger partial charge in [0.2, 0.25) is 5.91 Å². The minimum Gasteiger partial charge on any atom is -0.378 e. The van der Waals surface area contributed by atoms with Crippen molar-refractivity contribution in [1.29, 1.82) is 0 Å². The topological polar surface area (TPSA) is 59.4 Å². The van der Waals surface area contributed by atoms with Crippen LogP contribution in [0.15, 0.2) is 12.4 Å². The molecular formula is C15H24N4O2. The third-order valence-corrected chi connectivity index (χ3v) is 4.40. The van der Waals surface area contributed by atoms with Crippen molar-refractivity contribution >= 4 is 5.91 Å². The molecule has 3 rings (SSSR count). The molecule has 2 atom stereocenters. The summed E-state index contributed by atoms with van der Waals surface area (Å²) in [5, 5.41) is 3.36. The second-order valence-corrected chi connectivity index (χ2v) is 5.90. The second-order valence-electron chi connectivity index (χ2n) is 5.90. The molecule has 1 amide bonds. The minimum absolute atomic E-state index is 0.0230. The number of hydrogen-bond acceptors (Lipinski definition) is 4. The van der Waals surface area contributed by atoms with Gasteiger partial charge in [-0.3, -0.25) is 4.79 Å². The first-order valence-electron chi connectivity index (χ1n) is 7.84. The maximum Gasteiger partial charge on any atom is 0.225 e. The Bertz CT molecular complexity index is 482. The summed E-state index contributed by atoms with van der Waals surface area (Å²) in [6.07, 6.45) is 7.61. The number of nitrogens with one attached hydrogen (secondary N) is 1. The maximum absolute atomic E-state index is 12.7. The van der Waals surface area contributed by atoms with E-state index in [1.807, 2.05) is 22.7 Å². The Labute approximate surface area is 125 Å². The van der Waals surface area contributed by atoms with E-state index in [-0.39, 0.29) is 18.1 Å². The third kappa shape index (κ3) is 3.27. The van der Waals surface area contributed by atoms with Crippen LogP contribution in [0, 0.1) is 0 Å². The predicted molar refractivity (Wildman–Crippen MR) is 78.7 cm³/mol. The van der Waals surface area contributed by atoms with Crippen molar-refractivity contribution in [3.63, 3.8) is 0 Å². The van der Waals surface area contributed by atoms with Gasteiger partial charge in [-0.05, 0) is 19.3 Å². The number of hydrogen-bond donors (Lipinski definition) is 1. The Hall–Kier alpha value is -1.40. The van der Waals surface area contributed by atoms with Gasteiger partial charge in [0, 0.05) is 45.7 Å². The van der Waals surface area contributed by atoms with E-state index in [4.69, 9.17) is 4.74 Å². The van der Waals surface area contributed by atoms with Crippen LogP contribution in [0.2, 0.25) is 0 Å². The molecule has 0 spiro atoms. The van der Waals surface area contributed by atoms with Crippen LogP contribution in [0.25, 0.3) is 0 Å². The monoisotopic (exact) mass is 292 g/mol. The first-order chi connectivity index (χ1) is 10.3. The number of amides is 1. The lowest BCUT2D eigenvalue weighted by Crippen LogP contribution is -2.50. The molecule has 0 bridgehead atoms. The van der Waals surface area contributed by atoms with Crippen LogP contribution < -0.4 is 5.32 Å². The van der Waals surface area contributed by atoms with Crippen molar-refractivity contribution in [2.75, 3.05) is 26.2 Å². The SMILES string of the molecule is Cn1ccnc1C1CNCCN1C(=O)CC1CCCCO1. The molecule has 3 heterocycles. The number of aryl methyl sites for hydroxylation is 1. The molecule has 0 radical (unpaired) electrons. The van der Waals surface area contributed by atoms with Crippen LogP contribution in [0.5, 0.6) is 0 Å². The second kappa shape index (κ2) is 6.58. The molecule has 0 aliphatic carbocycles. The average molecular weight is 292 g/mol. The summed E-state index contributed by atoms with van der Waals surface area (Å²) in [4.78, 5) is 19.1. The van der Waals surface area contributed by atoms with Crippen molar-refractivity contribution < 1.29 is 9.53 Å². The number of imidazole rings is 1. The van der Waals surface area contributed by atoms with Gasteiger partial charge in [-0.2, -0.15) is 0 Å². The highest BCUT2D eigenvalue weighted by atomic mass is 16.5. The highest BCUT2D eigenvalue weighted by molar-refractivity contribution is 5.77. The molecule has 116 valence electrons. The molecule has 2 unspecified atom stereocenters. The average Bonchev–Trinajstić information content (AvgIpc) is 2.94. The maximum atomic E-state index is 12.7. The number of nitrogens with zero attached hydrogens (tertiary/aromatic N) is 3. The van der Waals surface area contributed by atoms with Crippen LogP contribution in [0.1, 0.15) is 37.5 Å². The largest absolute Gasteiger partial charge is 0.378 e. The number of rotatable bonds is 3. The molecule has 1 N–H and O–H groups in total. The number of carbonyl (C=O) groups excluding carboxylic acids is 1. The fraction of sp³-hybridized carbons (Fsp3) is 0.733. The first kappa shape index (κ1) is 14.5. The zero-order valence-corrected chi connectivity index (χ0v) is 12.6. The van der Waals surface area contributed by atoms with Crippen LogP contribution >= 0.6 is 0 Å². The summed E-state index contributed by atoms with van der Waals surface area (Å²) in [5.74, 6) is 1.14. The van der Waals surface area contributed by atoms with E-state index < -0.39 is 0 Å². The van der Waals surface area contributed by atoms with Gasteiger partial charge in [0.15, 0.2) is 0 Å². The third-order valence-electron chi connectivity index (χ3n) is 4.40. The molecule has 2 aliphatic rings. The predicted octanol–water partition coefficient (Wildman–Crippen LogP) is 0.852. The Kier molecular flexibility index (Phi) is 4.55.